The van der Waals surface area contributed by atoms with Crippen molar-refractivity contribution in [3.8, 4) is 5.88 Å². The molecule has 0 bridgehead atoms. The van der Waals surface area contributed by atoms with Gasteiger partial charge in [0.05, 0.1) is 12.7 Å². The Morgan fingerprint density at radius 3 is 2.44 bits per heavy atom. The van der Waals surface area contributed by atoms with E-state index >= 15 is 0 Å². The molecule has 0 radical (unpaired) electrons. The zero-order valence-corrected chi connectivity index (χ0v) is 15.4. The molecule has 0 saturated heterocycles. The summed E-state index contributed by atoms with van der Waals surface area (Å²) in [5, 5.41) is 3.37. The van der Waals surface area contributed by atoms with E-state index in [0.29, 0.717) is 34.1 Å². The molecule has 3 rings (SSSR count). The lowest BCUT2D eigenvalue weighted by atomic mass is 9.98. The number of aromatic nitrogens is 1. The second-order valence-electron chi connectivity index (χ2n) is 5.77. The van der Waals surface area contributed by atoms with Gasteiger partial charge in [0, 0.05) is 35.0 Å². The maximum atomic E-state index is 12.8. The Labute approximate surface area is 162 Å². The molecule has 2 aromatic carbocycles. The average molecular weight is 381 g/mol. The van der Waals surface area contributed by atoms with Crippen molar-refractivity contribution in [2.24, 2.45) is 0 Å². The summed E-state index contributed by atoms with van der Waals surface area (Å²) >= 11 is 5.88. The molecular formula is C21H17ClN2O3. The molecule has 0 aliphatic carbocycles. The number of nitrogens with one attached hydrogen (secondary N) is 1. The Balaban J connectivity index is 1.79. The first-order valence-electron chi connectivity index (χ1n) is 8.25. The van der Waals surface area contributed by atoms with Gasteiger partial charge in [-0.15, -0.1) is 0 Å². The standard InChI is InChI=1S/C21H17ClN2O3/c1-27-19-12-14(10-11-23-19)13-24-21(26)18-5-3-2-4-17(18)20(25)15-6-8-16(22)9-7-15/h2-12H,13H2,1H3,(H,24,26). The second-order valence-corrected chi connectivity index (χ2v) is 6.21. The van der Waals surface area contributed by atoms with Crippen LogP contribution in [0.4, 0.5) is 0 Å². The van der Waals surface area contributed by atoms with Crippen molar-refractivity contribution in [1.29, 1.82) is 0 Å². The van der Waals surface area contributed by atoms with Gasteiger partial charge in [0.1, 0.15) is 0 Å². The molecule has 27 heavy (non-hydrogen) atoms. The van der Waals surface area contributed by atoms with Gasteiger partial charge >= 0.3 is 0 Å². The maximum absolute atomic E-state index is 12.8. The van der Waals surface area contributed by atoms with Crippen LogP contribution in [0.25, 0.3) is 0 Å². The smallest absolute Gasteiger partial charge is 0.252 e. The van der Waals surface area contributed by atoms with Crippen molar-refractivity contribution in [2.75, 3.05) is 7.11 Å². The number of hydrogen-bond donors (Lipinski definition) is 1. The molecule has 136 valence electrons. The van der Waals surface area contributed by atoms with Crippen LogP contribution >= 0.6 is 11.6 Å². The van der Waals surface area contributed by atoms with Crippen LogP contribution in [0.5, 0.6) is 5.88 Å². The minimum absolute atomic E-state index is 0.233. The molecule has 1 amide bonds. The molecule has 1 aromatic heterocycles. The van der Waals surface area contributed by atoms with Crippen molar-refractivity contribution in [1.82, 2.24) is 10.3 Å². The van der Waals surface area contributed by atoms with Crippen molar-refractivity contribution < 1.29 is 14.3 Å². The van der Waals surface area contributed by atoms with Gasteiger partial charge in [-0.2, -0.15) is 0 Å². The second kappa shape index (κ2) is 8.47. The van der Waals surface area contributed by atoms with Crippen molar-refractivity contribution in [3.05, 3.63) is 94.1 Å². The highest BCUT2D eigenvalue weighted by Crippen LogP contribution is 2.17. The van der Waals surface area contributed by atoms with E-state index in [2.05, 4.69) is 10.3 Å². The van der Waals surface area contributed by atoms with Crippen molar-refractivity contribution in [2.45, 2.75) is 6.54 Å². The molecule has 3 aromatic rings. The average Bonchev–Trinajstić information content (AvgIpc) is 2.72. The topological polar surface area (TPSA) is 68.3 Å². The number of pyridine rings is 1. The molecule has 0 aliphatic heterocycles. The van der Waals surface area contributed by atoms with Gasteiger partial charge in [-0.05, 0) is 42.0 Å². The van der Waals surface area contributed by atoms with Crippen LogP contribution in [-0.2, 0) is 6.54 Å². The fraction of sp³-hybridized carbons (Fsp3) is 0.0952. The van der Waals surface area contributed by atoms with Gasteiger partial charge in [-0.3, -0.25) is 9.59 Å². The highest BCUT2D eigenvalue weighted by Gasteiger charge is 2.18. The van der Waals surface area contributed by atoms with Crippen LogP contribution in [0.3, 0.4) is 0 Å². The summed E-state index contributed by atoms with van der Waals surface area (Å²) in [5.74, 6) is -0.0910. The summed E-state index contributed by atoms with van der Waals surface area (Å²) in [6.45, 7) is 0.293. The molecule has 6 heteroatoms. The van der Waals surface area contributed by atoms with Crippen LogP contribution in [0, 0.1) is 0 Å². The van der Waals surface area contributed by atoms with Crippen LogP contribution in [0.1, 0.15) is 31.8 Å². The third kappa shape index (κ3) is 4.51. The van der Waals surface area contributed by atoms with E-state index in [1.54, 1.807) is 66.9 Å². The molecule has 1 heterocycles. The van der Waals surface area contributed by atoms with E-state index in [9.17, 15) is 9.59 Å². The van der Waals surface area contributed by atoms with Crippen molar-refractivity contribution in [3.63, 3.8) is 0 Å². The molecule has 0 unspecified atom stereocenters. The maximum Gasteiger partial charge on any atom is 0.252 e. The highest BCUT2D eigenvalue weighted by molar-refractivity contribution is 6.30. The molecule has 5 nitrogen and oxygen atoms in total. The van der Waals surface area contributed by atoms with E-state index < -0.39 is 0 Å². The fourth-order valence-electron chi connectivity index (χ4n) is 2.59. The highest BCUT2D eigenvalue weighted by atomic mass is 35.5. The summed E-state index contributed by atoms with van der Waals surface area (Å²) in [6, 6.07) is 16.8. The Hall–Kier alpha value is -3.18. The minimum atomic E-state index is -0.330. The Morgan fingerprint density at radius 2 is 1.74 bits per heavy atom. The summed E-state index contributed by atoms with van der Waals surface area (Å²) < 4.78 is 5.08. The van der Waals surface area contributed by atoms with Crippen LogP contribution in [0.2, 0.25) is 5.02 Å². The quantitative estimate of drug-likeness (QED) is 0.658. The summed E-state index contributed by atoms with van der Waals surface area (Å²) in [7, 11) is 1.53. The normalized spacial score (nSPS) is 10.3. The van der Waals surface area contributed by atoms with Gasteiger partial charge in [-0.1, -0.05) is 29.8 Å². The lowest BCUT2D eigenvalue weighted by Gasteiger charge is -2.10. The van der Waals surface area contributed by atoms with E-state index in [-0.39, 0.29) is 11.7 Å². The number of amides is 1. The largest absolute Gasteiger partial charge is 0.481 e. The first-order valence-corrected chi connectivity index (χ1v) is 8.62. The van der Waals surface area contributed by atoms with E-state index in [4.69, 9.17) is 16.3 Å². The molecule has 0 fully saturated rings. The van der Waals surface area contributed by atoms with E-state index in [1.807, 2.05) is 0 Å². The van der Waals surface area contributed by atoms with Crippen LogP contribution in [-0.4, -0.2) is 23.8 Å². The third-order valence-electron chi connectivity index (χ3n) is 3.98. The fourth-order valence-corrected chi connectivity index (χ4v) is 2.71. The Bertz CT molecular complexity index is 971. The molecule has 1 N–H and O–H groups in total. The number of halogens is 1. The third-order valence-corrected chi connectivity index (χ3v) is 4.24. The van der Waals surface area contributed by atoms with Gasteiger partial charge in [0.25, 0.3) is 5.91 Å². The number of benzene rings is 2. The first kappa shape index (κ1) is 18.6. The number of carbonyl (C=O) groups is 2. The summed E-state index contributed by atoms with van der Waals surface area (Å²) in [5.41, 5.74) is 1.97. The zero-order valence-electron chi connectivity index (χ0n) is 14.6. The molecule has 0 spiro atoms. The molecule has 0 saturated carbocycles. The number of rotatable bonds is 6. The number of nitrogens with zero attached hydrogens (tertiary/aromatic N) is 1. The van der Waals surface area contributed by atoms with Gasteiger partial charge in [0.15, 0.2) is 5.78 Å². The number of carbonyl (C=O) groups excluding carboxylic acids is 2. The van der Waals surface area contributed by atoms with Crippen molar-refractivity contribution >= 4 is 23.3 Å². The molecule has 0 atom stereocenters. The monoisotopic (exact) mass is 380 g/mol. The first-order chi connectivity index (χ1) is 13.1. The van der Waals surface area contributed by atoms with E-state index in [1.165, 1.54) is 7.11 Å². The molecular weight excluding hydrogens is 364 g/mol. The summed E-state index contributed by atoms with van der Waals surface area (Å²) in [4.78, 5) is 29.5. The number of methoxy groups -OCH3 is 1. The minimum Gasteiger partial charge on any atom is -0.481 e. The van der Waals surface area contributed by atoms with Gasteiger partial charge in [0.2, 0.25) is 5.88 Å². The lowest BCUT2D eigenvalue weighted by Crippen LogP contribution is -2.25. The Kier molecular flexibility index (Phi) is 5.84. The molecule has 0 aliphatic rings. The SMILES string of the molecule is COc1cc(CNC(=O)c2ccccc2C(=O)c2ccc(Cl)cc2)ccn1. The zero-order chi connectivity index (χ0) is 19.2. The van der Waals surface area contributed by atoms with E-state index in [0.717, 1.165) is 5.56 Å². The predicted molar refractivity (Wildman–Crippen MR) is 103 cm³/mol. The van der Waals surface area contributed by atoms with Gasteiger partial charge < -0.3 is 10.1 Å². The van der Waals surface area contributed by atoms with Gasteiger partial charge in [-0.25, -0.2) is 4.98 Å². The van der Waals surface area contributed by atoms with Crippen LogP contribution < -0.4 is 10.1 Å². The van der Waals surface area contributed by atoms with Crippen LogP contribution in [0.15, 0.2) is 66.9 Å². The Morgan fingerprint density at radius 1 is 1.04 bits per heavy atom. The predicted octanol–water partition coefficient (Wildman–Crippen LogP) is 3.90. The summed E-state index contributed by atoms with van der Waals surface area (Å²) in [6.07, 6.45) is 1.61. The number of ether oxygens (including phenoxy) is 1. The number of hydrogen-bond acceptors (Lipinski definition) is 4. The lowest BCUT2D eigenvalue weighted by molar-refractivity contribution is 0.0939. The number of ketones is 1.